The SMILES string of the molecule is CCCN(CC)C(=O)CC1CNCCO1.Cl. The summed E-state index contributed by atoms with van der Waals surface area (Å²) in [7, 11) is 0. The summed E-state index contributed by atoms with van der Waals surface area (Å²) in [4.78, 5) is 13.8. The number of carbonyl (C=O) groups is 1. The van der Waals surface area contributed by atoms with E-state index < -0.39 is 0 Å². The topological polar surface area (TPSA) is 41.6 Å². The maximum absolute atomic E-state index is 11.9. The number of halogens is 1. The van der Waals surface area contributed by atoms with Crippen LogP contribution in [-0.2, 0) is 9.53 Å². The smallest absolute Gasteiger partial charge is 0.225 e. The monoisotopic (exact) mass is 250 g/mol. The van der Waals surface area contributed by atoms with E-state index in [1.165, 1.54) is 0 Å². The van der Waals surface area contributed by atoms with Crippen molar-refractivity contribution in [3.63, 3.8) is 0 Å². The van der Waals surface area contributed by atoms with Crippen molar-refractivity contribution in [3.05, 3.63) is 0 Å². The Morgan fingerprint density at radius 1 is 1.50 bits per heavy atom. The van der Waals surface area contributed by atoms with Crippen molar-refractivity contribution in [1.82, 2.24) is 10.2 Å². The molecule has 5 heteroatoms. The van der Waals surface area contributed by atoms with E-state index in [2.05, 4.69) is 12.2 Å². The van der Waals surface area contributed by atoms with E-state index in [1.807, 2.05) is 11.8 Å². The third-order valence-electron chi connectivity index (χ3n) is 2.63. The Labute approximate surface area is 104 Å². The van der Waals surface area contributed by atoms with Crippen LogP contribution in [-0.4, -0.2) is 49.7 Å². The molecule has 1 aliphatic heterocycles. The molecule has 1 fully saturated rings. The van der Waals surface area contributed by atoms with Gasteiger partial charge in [-0.3, -0.25) is 4.79 Å². The summed E-state index contributed by atoms with van der Waals surface area (Å²) >= 11 is 0. The van der Waals surface area contributed by atoms with Gasteiger partial charge < -0.3 is 15.0 Å². The first-order chi connectivity index (χ1) is 7.27. The number of ether oxygens (including phenoxy) is 1. The molecule has 0 saturated carbocycles. The van der Waals surface area contributed by atoms with Crippen molar-refractivity contribution >= 4 is 18.3 Å². The zero-order valence-electron chi connectivity index (χ0n) is 10.2. The molecular formula is C11H23ClN2O2. The van der Waals surface area contributed by atoms with Gasteiger partial charge in [-0.1, -0.05) is 6.92 Å². The second-order valence-electron chi connectivity index (χ2n) is 3.87. The molecule has 0 radical (unpaired) electrons. The first kappa shape index (κ1) is 15.7. The first-order valence-electron chi connectivity index (χ1n) is 5.88. The van der Waals surface area contributed by atoms with Crippen LogP contribution in [0.25, 0.3) is 0 Å². The van der Waals surface area contributed by atoms with Crippen LogP contribution in [0.4, 0.5) is 0 Å². The van der Waals surface area contributed by atoms with Gasteiger partial charge in [0.1, 0.15) is 0 Å². The van der Waals surface area contributed by atoms with E-state index >= 15 is 0 Å². The minimum Gasteiger partial charge on any atom is -0.375 e. The minimum absolute atomic E-state index is 0. The van der Waals surface area contributed by atoms with Crippen molar-refractivity contribution in [2.75, 3.05) is 32.8 Å². The van der Waals surface area contributed by atoms with Gasteiger partial charge in [-0.05, 0) is 13.3 Å². The number of amides is 1. The third-order valence-corrected chi connectivity index (χ3v) is 2.63. The average Bonchev–Trinajstić information content (AvgIpc) is 2.27. The van der Waals surface area contributed by atoms with Crippen molar-refractivity contribution in [1.29, 1.82) is 0 Å². The molecule has 1 heterocycles. The highest BCUT2D eigenvalue weighted by molar-refractivity contribution is 5.85. The molecule has 0 aromatic heterocycles. The van der Waals surface area contributed by atoms with Crippen LogP contribution in [0.5, 0.6) is 0 Å². The fourth-order valence-electron chi connectivity index (χ4n) is 1.80. The number of rotatable bonds is 5. The maximum Gasteiger partial charge on any atom is 0.225 e. The molecule has 1 atom stereocenters. The molecule has 96 valence electrons. The standard InChI is InChI=1S/C11H22N2O2.ClH/c1-3-6-13(4-2)11(14)8-10-9-12-5-7-15-10;/h10,12H,3-9H2,1-2H3;1H. The molecule has 0 aromatic carbocycles. The van der Waals surface area contributed by atoms with Crippen LogP contribution >= 0.6 is 12.4 Å². The van der Waals surface area contributed by atoms with Gasteiger partial charge in [0, 0.05) is 26.2 Å². The summed E-state index contributed by atoms with van der Waals surface area (Å²) in [5.74, 6) is 0.216. The van der Waals surface area contributed by atoms with Gasteiger partial charge in [-0.2, -0.15) is 0 Å². The predicted molar refractivity (Wildman–Crippen MR) is 67.0 cm³/mol. The second-order valence-corrected chi connectivity index (χ2v) is 3.87. The van der Waals surface area contributed by atoms with Crippen molar-refractivity contribution in [2.24, 2.45) is 0 Å². The van der Waals surface area contributed by atoms with E-state index in [-0.39, 0.29) is 24.4 Å². The normalized spacial score (nSPS) is 20.0. The molecule has 0 aliphatic carbocycles. The lowest BCUT2D eigenvalue weighted by molar-refractivity contribution is -0.134. The molecular weight excluding hydrogens is 228 g/mol. The Bertz CT molecular complexity index is 196. The fourth-order valence-corrected chi connectivity index (χ4v) is 1.80. The molecule has 1 amide bonds. The number of nitrogens with zero attached hydrogens (tertiary/aromatic N) is 1. The molecule has 1 aliphatic rings. The molecule has 0 bridgehead atoms. The highest BCUT2D eigenvalue weighted by Gasteiger charge is 2.20. The first-order valence-corrected chi connectivity index (χ1v) is 5.88. The van der Waals surface area contributed by atoms with Gasteiger partial charge in [-0.15, -0.1) is 12.4 Å². The molecule has 1 saturated heterocycles. The third kappa shape index (κ3) is 5.14. The quantitative estimate of drug-likeness (QED) is 0.793. The van der Waals surface area contributed by atoms with E-state index in [9.17, 15) is 4.79 Å². The van der Waals surface area contributed by atoms with Crippen LogP contribution in [0.2, 0.25) is 0 Å². The Morgan fingerprint density at radius 3 is 2.75 bits per heavy atom. The summed E-state index contributed by atoms with van der Waals surface area (Å²) < 4.78 is 5.51. The van der Waals surface area contributed by atoms with Gasteiger partial charge in [0.15, 0.2) is 0 Å². The number of carbonyl (C=O) groups excluding carboxylic acids is 1. The van der Waals surface area contributed by atoms with Crippen LogP contribution < -0.4 is 5.32 Å². The fraction of sp³-hybridized carbons (Fsp3) is 0.909. The Hall–Kier alpha value is -0.320. The lowest BCUT2D eigenvalue weighted by Gasteiger charge is -2.26. The van der Waals surface area contributed by atoms with E-state index in [0.29, 0.717) is 6.42 Å². The van der Waals surface area contributed by atoms with Crippen molar-refractivity contribution in [3.8, 4) is 0 Å². The van der Waals surface area contributed by atoms with Gasteiger partial charge in [0.25, 0.3) is 0 Å². The van der Waals surface area contributed by atoms with Crippen LogP contribution in [0, 0.1) is 0 Å². The predicted octanol–water partition coefficient (Wildman–Crippen LogP) is 1.05. The summed E-state index contributed by atoms with van der Waals surface area (Å²) in [5, 5.41) is 3.23. The summed E-state index contributed by atoms with van der Waals surface area (Å²) in [6.07, 6.45) is 1.60. The molecule has 1 N–H and O–H groups in total. The van der Waals surface area contributed by atoms with Gasteiger partial charge >= 0.3 is 0 Å². The molecule has 1 unspecified atom stereocenters. The van der Waals surface area contributed by atoms with Crippen LogP contribution in [0.3, 0.4) is 0 Å². The zero-order chi connectivity index (χ0) is 11.1. The summed E-state index contributed by atoms with van der Waals surface area (Å²) in [5.41, 5.74) is 0. The summed E-state index contributed by atoms with van der Waals surface area (Å²) in [6.45, 7) is 8.19. The lowest BCUT2D eigenvalue weighted by atomic mass is 10.2. The van der Waals surface area contributed by atoms with Crippen LogP contribution in [0.1, 0.15) is 26.7 Å². The lowest BCUT2D eigenvalue weighted by Crippen LogP contribution is -2.42. The van der Waals surface area contributed by atoms with Crippen molar-refractivity contribution in [2.45, 2.75) is 32.8 Å². The molecule has 0 aromatic rings. The highest BCUT2D eigenvalue weighted by Crippen LogP contribution is 2.05. The highest BCUT2D eigenvalue weighted by atomic mass is 35.5. The Kier molecular flexibility index (Phi) is 8.61. The maximum atomic E-state index is 11.9. The molecule has 4 nitrogen and oxygen atoms in total. The van der Waals surface area contributed by atoms with Gasteiger partial charge in [0.05, 0.1) is 19.1 Å². The largest absolute Gasteiger partial charge is 0.375 e. The number of hydrogen-bond donors (Lipinski definition) is 1. The summed E-state index contributed by atoms with van der Waals surface area (Å²) in [6, 6.07) is 0. The number of morpholine rings is 1. The number of nitrogens with one attached hydrogen (secondary N) is 1. The Morgan fingerprint density at radius 2 is 2.25 bits per heavy atom. The molecule has 0 spiro atoms. The number of hydrogen-bond acceptors (Lipinski definition) is 3. The minimum atomic E-state index is 0. The van der Waals surface area contributed by atoms with Crippen LogP contribution in [0.15, 0.2) is 0 Å². The van der Waals surface area contributed by atoms with E-state index in [1.54, 1.807) is 0 Å². The average molecular weight is 251 g/mol. The second kappa shape index (κ2) is 8.79. The Balaban J connectivity index is 0.00000225. The van der Waals surface area contributed by atoms with Crippen molar-refractivity contribution < 1.29 is 9.53 Å². The van der Waals surface area contributed by atoms with E-state index in [4.69, 9.17) is 4.74 Å². The molecule has 16 heavy (non-hydrogen) atoms. The zero-order valence-corrected chi connectivity index (χ0v) is 11.0. The van der Waals surface area contributed by atoms with E-state index in [0.717, 1.165) is 39.2 Å². The molecule has 1 rings (SSSR count). The van der Waals surface area contributed by atoms with Gasteiger partial charge in [-0.25, -0.2) is 0 Å². The van der Waals surface area contributed by atoms with Gasteiger partial charge in [0.2, 0.25) is 5.91 Å².